The third-order valence-corrected chi connectivity index (χ3v) is 5.57. The van der Waals surface area contributed by atoms with Gasteiger partial charge in [0.15, 0.2) is 5.16 Å². The zero-order valence-electron chi connectivity index (χ0n) is 17.7. The number of nitrogens with one attached hydrogen (secondary N) is 1. The Balaban J connectivity index is 1.37. The van der Waals surface area contributed by atoms with Gasteiger partial charge < -0.3 is 19.0 Å². The highest BCUT2D eigenvalue weighted by Crippen LogP contribution is 2.24. The van der Waals surface area contributed by atoms with Gasteiger partial charge in [0.1, 0.15) is 11.6 Å². The molecule has 2 aromatic carbocycles. The van der Waals surface area contributed by atoms with Crippen LogP contribution >= 0.6 is 11.8 Å². The molecule has 0 spiro atoms. The van der Waals surface area contributed by atoms with Crippen molar-refractivity contribution >= 4 is 23.4 Å². The Morgan fingerprint density at radius 2 is 1.84 bits per heavy atom. The number of benzene rings is 2. The molecule has 4 aromatic rings. The Bertz CT molecular complexity index is 1170. The van der Waals surface area contributed by atoms with Crippen LogP contribution in [0.3, 0.4) is 0 Å². The Morgan fingerprint density at radius 1 is 1.06 bits per heavy atom. The molecule has 164 valence electrons. The van der Waals surface area contributed by atoms with Crippen molar-refractivity contribution in [1.82, 2.24) is 25.0 Å². The summed E-state index contributed by atoms with van der Waals surface area (Å²) in [6.07, 6.45) is 0.117. The maximum absolute atomic E-state index is 12.5. The van der Waals surface area contributed by atoms with E-state index in [1.807, 2.05) is 41.8 Å². The summed E-state index contributed by atoms with van der Waals surface area (Å²) < 4.78 is 12.8. The van der Waals surface area contributed by atoms with E-state index in [9.17, 15) is 4.79 Å². The molecule has 9 nitrogen and oxygen atoms in total. The third kappa shape index (κ3) is 5.14. The number of aromatic nitrogens is 5. The first-order chi connectivity index (χ1) is 15.7. The fourth-order valence-corrected chi connectivity index (χ4v) is 3.89. The van der Waals surface area contributed by atoms with Crippen molar-refractivity contribution in [1.29, 1.82) is 0 Å². The monoisotopic (exact) mass is 450 g/mol. The van der Waals surface area contributed by atoms with Crippen molar-refractivity contribution in [2.24, 2.45) is 0 Å². The number of carbonyl (C=O) groups excluding carboxylic acids is 1. The van der Waals surface area contributed by atoms with Gasteiger partial charge in [0, 0.05) is 17.8 Å². The minimum Gasteiger partial charge on any atom is -0.497 e. The van der Waals surface area contributed by atoms with Gasteiger partial charge in [0.05, 0.1) is 19.3 Å². The summed E-state index contributed by atoms with van der Waals surface area (Å²) in [7, 11) is 1.60. The Labute approximate surface area is 189 Å². The number of nitrogens with zero attached hydrogens (tertiary/aromatic N) is 5. The number of carbonyl (C=O) groups is 1. The molecule has 0 saturated heterocycles. The largest absolute Gasteiger partial charge is 0.497 e. The van der Waals surface area contributed by atoms with E-state index in [-0.39, 0.29) is 12.3 Å². The predicted octanol–water partition coefficient (Wildman–Crippen LogP) is 3.83. The number of rotatable bonds is 9. The quantitative estimate of drug-likeness (QED) is 0.383. The summed E-state index contributed by atoms with van der Waals surface area (Å²) in [5, 5.41) is 20.2. The lowest BCUT2D eigenvalue weighted by molar-refractivity contribution is -0.115. The second-order valence-electron chi connectivity index (χ2n) is 6.75. The number of ether oxygens (including phenoxy) is 1. The summed E-state index contributed by atoms with van der Waals surface area (Å²) in [5.74, 6) is 2.59. The molecule has 10 heteroatoms. The van der Waals surface area contributed by atoms with E-state index >= 15 is 0 Å². The van der Waals surface area contributed by atoms with Crippen molar-refractivity contribution in [3.63, 3.8) is 0 Å². The molecule has 0 radical (unpaired) electrons. The van der Waals surface area contributed by atoms with Gasteiger partial charge in [-0.05, 0) is 43.3 Å². The molecule has 0 saturated carbocycles. The van der Waals surface area contributed by atoms with E-state index in [0.717, 1.165) is 11.3 Å². The topological polar surface area (TPSA) is 108 Å². The smallest absolute Gasteiger partial charge is 0.247 e. The maximum atomic E-state index is 12.5. The zero-order chi connectivity index (χ0) is 22.3. The van der Waals surface area contributed by atoms with E-state index in [1.165, 1.54) is 11.8 Å². The lowest BCUT2D eigenvalue weighted by Crippen LogP contribution is -2.17. The molecule has 0 aliphatic heterocycles. The van der Waals surface area contributed by atoms with Crippen molar-refractivity contribution in [2.45, 2.75) is 30.8 Å². The molecule has 0 aliphatic carbocycles. The van der Waals surface area contributed by atoms with Gasteiger partial charge >= 0.3 is 0 Å². The molecule has 4 rings (SSSR count). The lowest BCUT2D eigenvalue weighted by Gasteiger charge is -2.08. The van der Waals surface area contributed by atoms with Gasteiger partial charge in [0.2, 0.25) is 17.7 Å². The second-order valence-corrected chi connectivity index (χ2v) is 7.69. The third-order valence-electron chi connectivity index (χ3n) is 4.61. The molecule has 0 bridgehead atoms. The van der Waals surface area contributed by atoms with Crippen molar-refractivity contribution in [3.8, 4) is 17.2 Å². The van der Waals surface area contributed by atoms with Crippen LogP contribution in [-0.2, 0) is 23.5 Å². The Kier molecular flexibility index (Phi) is 6.81. The number of amides is 1. The van der Waals surface area contributed by atoms with E-state index in [2.05, 4.69) is 25.7 Å². The fourth-order valence-electron chi connectivity index (χ4n) is 3.03. The fraction of sp³-hybridized carbons (Fsp3) is 0.227. The van der Waals surface area contributed by atoms with Crippen LogP contribution in [0.4, 0.5) is 5.69 Å². The van der Waals surface area contributed by atoms with Crippen molar-refractivity contribution in [2.75, 3.05) is 12.4 Å². The van der Waals surface area contributed by atoms with Crippen molar-refractivity contribution < 1.29 is 13.9 Å². The molecule has 0 atom stereocenters. The second kappa shape index (κ2) is 10.1. The molecule has 1 amide bonds. The van der Waals surface area contributed by atoms with Gasteiger partial charge in [-0.25, -0.2) is 0 Å². The summed E-state index contributed by atoms with van der Waals surface area (Å²) in [4.78, 5) is 12.5. The normalized spacial score (nSPS) is 10.8. The van der Waals surface area contributed by atoms with Crippen molar-refractivity contribution in [3.05, 3.63) is 66.3 Å². The highest BCUT2D eigenvalue weighted by molar-refractivity contribution is 7.98. The number of methoxy groups -OCH3 is 1. The average Bonchev–Trinajstić information content (AvgIpc) is 3.45. The number of anilines is 1. The van der Waals surface area contributed by atoms with Crippen LogP contribution in [0.2, 0.25) is 0 Å². The molecule has 2 heterocycles. The molecular weight excluding hydrogens is 428 g/mol. The average molecular weight is 451 g/mol. The molecule has 0 fully saturated rings. The van der Waals surface area contributed by atoms with Crippen LogP contribution in [0.15, 0.2) is 64.2 Å². The van der Waals surface area contributed by atoms with E-state index in [4.69, 9.17) is 9.15 Å². The summed E-state index contributed by atoms with van der Waals surface area (Å²) >= 11 is 1.44. The first-order valence-electron chi connectivity index (χ1n) is 10.0. The number of hydrogen-bond donors (Lipinski definition) is 1. The van der Waals surface area contributed by atoms with E-state index in [1.54, 1.807) is 31.4 Å². The molecule has 0 aliphatic rings. The van der Waals surface area contributed by atoms with Crippen LogP contribution in [0, 0.1) is 0 Å². The van der Waals surface area contributed by atoms with Crippen LogP contribution in [0.25, 0.3) is 11.5 Å². The SMILES string of the molecule is CCn1c(CC(=O)Nc2ccc(OC)cc2)nnc1SCc1nnc(-c2ccccc2)o1. The molecule has 1 N–H and O–H groups in total. The maximum Gasteiger partial charge on any atom is 0.247 e. The lowest BCUT2D eigenvalue weighted by atomic mass is 10.2. The summed E-state index contributed by atoms with van der Waals surface area (Å²) in [6.45, 7) is 2.62. The van der Waals surface area contributed by atoms with Gasteiger partial charge in [-0.2, -0.15) is 0 Å². The van der Waals surface area contributed by atoms with Crippen LogP contribution in [0.5, 0.6) is 5.75 Å². The summed E-state index contributed by atoms with van der Waals surface area (Å²) in [5.41, 5.74) is 1.57. The predicted molar refractivity (Wildman–Crippen MR) is 120 cm³/mol. The molecule has 2 aromatic heterocycles. The minimum absolute atomic E-state index is 0.117. The highest BCUT2D eigenvalue weighted by Gasteiger charge is 2.16. The van der Waals surface area contributed by atoms with Gasteiger partial charge in [0.25, 0.3) is 0 Å². The van der Waals surface area contributed by atoms with Crippen LogP contribution in [0.1, 0.15) is 18.6 Å². The zero-order valence-corrected chi connectivity index (χ0v) is 18.5. The highest BCUT2D eigenvalue weighted by atomic mass is 32.2. The van der Waals surface area contributed by atoms with Gasteiger partial charge in [-0.1, -0.05) is 30.0 Å². The van der Waals surface area contributed by atoms with E-state index < -0.39 is 0 Å². The van der Waals surface area contributed by atoms with E-state index in [0.29, 0.717) is 40.7 Å². The Hall–Kier alpha value is -3.66. The Morgan fingerprint density at radius 3 is 2.56 bits per heavy atom. The molecule has 0 unspecified atom stereocenters. The first kappa shape index (κ1) is 21.6. The van der Waals surface area contributed by atoms with Crippen LogP contribution in [-0.4, -0.2) is 38.0 Å². The molecular formula is C22H22N6O3S. The number of hydrogen-bond acceptors (Lipinski definition) is 8. The summed E-state index contributed by atoms with van der Waals surface area (Å²) in [6, 6.07) is 16.8. The molecule has 32 heavy (non-hydrogen) atoms. The van der Waals surface area contributed by atoms with Gasteiger partial charge in [-0.15, -0.1) is 20.4 Å². The number of thioether (sulfide) groups is 1. The standard InChI is InChI=1S/C22H22N6O3S/c1-3-28-18(13-19(29)23-16-9-11-17(30-2)12-10-16)24-27-22(28)32-14-20-25-26-21(31-20)15-7-5-4-6-8-15/h4-12H,3,13-14H2,1-2H3,(H,23,29). The first-order valence-corrected chi connectivity index (χ1v) is 11.0. The minimum atomic E-state index is -0.168. The van der Waals surface area contributed by atoms with Gasteiger partial charge in [-0.3, -0.25) is 4.79 Å². The van der Waals surface area contributed by atoms with Crippen LogP contribution < -0.4 is 10.1 Å².